The molecule has 3 rings (SSSR count). The number of unbranched alkanes of at least 4 members (excludes halogenated alkanes) is 1. The maximum Gasteiger partial charge on any atom is 0.202 e. The molecule has 1 aliphatic heterocycles. The van der Waals surface area contributed by atoms with Gasteiger partial charge in [-0.05, 0) is 42.8 Å². The fourth-order valence-corrected chi connectivity index (χ4v) is 3.79. The summed E-state index contributed by atoms with van der Waals surface area (Å²) in [6, 6.07) is 14.7. The molecule has 0 spiro atoms. The SMILES string of the molecule is CCCCN(Cc1cccs1)C(=Nc1ccccc1)N1CCCC1. The van der Waals surface area contributed by atoms with Crippen molar-refractivity contribution in [3.05, 3.63) is 52.7 Å². The highest BCUT2D eigenvalue weighted by Gasteiger charge is 2.22. The Bertz CT molecular complexity index is 616. The average molecular weight is 342 g/mol. The molecule has 1 saturated heterocycles. The van der Waals surface area contributed by atoms with E-state index in [-0.39, 0.29) is 0 Å². The Hall–Kier alpha value is -1.81. The van der Waals surface area contributed by atoms with Gasteiger partial charge in [0.25, 0.3) is 0 Å². The van der Waals surface area contributed by atoms with E-state index in [0.29, 0.717) is 0 Å². The Labute approximate surface area is 149 Å². The Morgan fingerprint density at radius 3 is 2.58 bits per heavy atom. The van der Waals surface area contributed by atoms with Crippen LogP contribution in [0, 0.1) is 0 Å². The minimum atomic E-state index is 0.958. The number of hydrogen-bond acceptors (Lipinski definition) is 2. The van der Waals surface area contributed by atoms with E-state index in [0.717, 1.165) is 37.8 Å². The van der Waals surface area contributed by atoms with Crippen molar-refractivity contribution in [1.29, 1.82) is 0 Å². The molecule has 2 heterocycles. The summed E-state index contributed by atoms with van der Waals surface area (Å²) in [7, 11) is 0. The van der Waals surface area contributed by atoms with Crippen LogP contribution in [-0.4, -0.2) is 35.4 Å². The normalized spacial score (nSPS) is 15.0. The van der Waals surface area contributed by atoms with Crippen LogP contribution in [0.25, 0.3) is 0 Å². The molecule has 0 bridgehead atoms. The zero-order valence-corrected chi connectivity index (χ0v) is 15.3. The lowest BCUT2D eigenvalue weighted by atomic mass is 10.3. The minimum absolute atomic E-state index is 0.958. The van der Waals surface area contributed by atoms with Gasteiger partial charge in [0.05, 0.1) is 12.2 Å². The predicted octanol–water partition coefficient (Wildman–Crippen LogP) is 5.13. The molecule has 1 aromatic heterocycles. The fraction of sp³-hybridized carbons (Fsp3) is 0.450. The molecule has 1 aromatic carbocycles. The molecule has 1 fully saturated rings. The Balaban J connectivity index is 1.88. The number of para-hydroxylation sites is 1. The third-order valence-corrected chi connectivity index (χ3v) is 5.23. The van der Waals surface area contributed by atoms with Gasteiger partial charge in [-0.2, -0.15) is 0 Å². The van der Waals surface area contributed by atoms with Gasteiger partial charge in [-0.1, -0.05) is 37.6 Å². The van der Waals surface area contributed by atoms with Crippen molar-refractivity contribution in [3.8, 4) is 0 Å². The second-order valence-corrected chi connectivity index (χ2v) is 7.33. The minimum Gasteiger partial charge on any atom is -0.343 e. The van der Waals surface area contributed by atoms with Gasteiger partial charge < -0.3 is 9.80 Å². The third-order valence-electron chi connectivity index (χ3n) is 4.37. The van der Waals surface area contributed by atoms with Crippen molar-refractivity contribution in [2.75, 3.05) is 19.6 Å². The number of likely N-dealkylation sites (tertiary alicyclic amines) is 1. The van der Waals surface area contributed by atoms with Crippen LogP contribution in [0.2, 0.25) is 0 Å². The van der Waals surface area contributed by atoms with E-state index < -0.39 is 0 Å². The fourth-order valence-electron chi connectivity index (χ4n) is 3.07. The van der Waals surface area contributed by atoms with E-state index in [9.17, 15) is 0 Å². The zero-order chi connectivity index (χ0) is 16.6. The van der Waals surface area contributed by atoms with Crippen molar-refractivity contribution in [3.63, 3.8) is 0 Å². The maximum atomic E-state index is 5.05. The first kappa shape index (κ1) is 17.0. The number of thiophene rings is 1. The highest BCUT2D eigenvalue weighted by Crippen LogP contribution is 2.20. The highest BCUT2D eigenvalue weighted by molar-refractivity contribution is 7.09. The zero-order valence-electron chi connectivity index (χ0n) is 14.5. The summed E-state index contributed by atoms with van der Waals surface area (Å²) in [5.74, 6) is 1.15. The van der Waals surface area contributed by atoms with Crippen LogP contribution in [0.3, 0.4) is 0 Å². The molecule has 0 saturated carbocycles. The van der Waals surface area contributed by atoms with Gasteiger partial charge in [0.15, 0.2) is 0 Å². The molecule has 0 atom stereocenters. The molecule has 24 heavy (non-hydrogen) atoms. The van der Waals surface area contributed by atoms with Crippen molar-refractivity contribution < 1.29 is 0 Å². The van der Waals surface area contributed by atoms with Crippen molar-refractivity contribution >= 4 is 23.0 Å². The van der Waals surface area contributed by atoms with Crippen LogP contribution < -0.4 is 0 Å². The molecule has 0 aliphatic carbocycles. The quantitative estimate of drug-likeness (QED) is 0.535. The Morgan fingerprint density at radius 1 is 1.12 bits per heavy atom. The second-order valence-electron chi connectivity index (χ2n) is 6.30. The lowest BCUT2D eigenvalue weighted by Crippen LogP contribution is -2.43. The van der Waals surface area contributed by atoms with E-state index >= 15 is 0 Å². The summed E-state index contributed by atoms with van der Waals surface area (Å²) in [6.07, 6.45) is 4.95. The lowest BCUT2D eigenvalue weighted by molar-refractivity contribution is 0.336. The molecule has 3 nitrogen and oxygen atoms in total. The molecule has 1 aliphatic rings. The number of rotatable bonds is 6. The number of nitrogens with zero attached hydrogens (tertiary/aromatic N) is 3. The molecule has 0 unspecified atom stereocenters. The average Bonchev–Trinajstić information content (AvgIpc) is 3.31. The number of aliphatic imine (C=N–C) groups is 1. The Morgan fingerprint density at radius 2 is 1.92 bits per heavy atom. The van der Waals surface area contributed by atoms with E-state index in [1.165, 1.54) is 30.6 Å². The van der Waals surface area contributed by atoms with Crippen molar-refractivity contribution in [2.24, 2.45) is 4.99 Å². The second kappa shape index (κ2) is 8.88. The molecule has 128 valence electrons. The first-order chi connectivity index (χ1) is 11.9. The molecule has 0 amide bonds. The number of benzene rings is 1. The van der Waals surface area contributed by atoms with Crippen molar-refractivity contribution in [2.45, 2.75) is 39.2 Å². The van der Waals surface area contributed by atoms with Gasteiger partial charge in [-0.15, -0.1) is 11.3 Å². The van der Waals surface area contributed by atoms with Crippen LogP contribution in [0.5, 0.6) is 0 Å². The molecule has 0 radical (unpaired) electrons. The monoisotopic (exact) mass is 341 g/mol. The maximum absolute atomic E-state index is 5.05. The van der Waals surface area contributed by atoms with Gasteiger partial charge in [0.1, 0.15) is 0 Å². The summed E-state index contributed by atoms with van der Waals surface area (Å²) in [5, 5.41) is 2.16. The molecule has 2 aromatic rings. The molecule has 4 heteroatoms. The van der Waals surface area contributed by atoms with E-state index in [2.05, 4.69) is 64.6 Å². The summed E-state index contributed by atoms with van der Waals surface area (Å²) >= 11 is 1.84. The smallest absolute Gasteiger partial charge is 0.202 e. The van der Waals surface area contributed by atoms with Gasteiger partial charge >= 0.3 is 0 Å². The first-order valence-corrected chi connectivity index (χ1v) is 9.91. The standard InChI is InChI=1S/C20H27N3S/c1-2-3-13-23(17-19-12-9-16-24-19)20(22-14-7-8-15-22)21-18-10-5-4-6-11-18/h4-6,9-12,16H,2-3,7-8,13-15,17H2,1H3. The summed E-state index contributed by atoms with van der Waals surface area (Å²) in [4.78, 5) is 11.4. The highest BCUT2D eigenvalue weighted by atomic mass is 32.1. The third kappa shape index (κ3) is 4.60. The van der Waals surface area contributed by atoms with Crippen LogP contribution >= 0.6 is 11.3 Å². The van der Waals surface area contributed by atoms with Gasteiger partial charge in [-0.25, -0.2) is 4.99 Å². The van der Waals surface area contributed by atoms with Crippen LogP contribution in [-0.2, 0) is 6.54 Å². The lowest BCUT2D eigenvalue weighted by Gasteiger charge is -2.32. The van der Waals surface area contributed by atoms with E-state index in [1.807, 2.05) is 11.3 Å². The summed E-state index contributed by atoms with van der Waals surface area (Å²) < 4.78 is 0. The molecular weight excluding hydrogens is 314 g/mol. The van der Waals surface area contributed by atoms with Crippen LogP contribution in [0.1, 0.15) is 37.5 Å². The summed E-state index contributed by atoms with van der Waals surface area (Å²) in [5.41, 5.74) is 1.05. The van der Waals surface area contributed by atoms with Crippen LogP contribution in [0.4, 0.5) is 5.69 Å². The number of guanidine groups is 1. The van der Waals surface area contributed by atoms with Gasteiger partial charge in [0.2, 0.25) is 5.96 Å². The van der Waals surface area contributed by atoms with E-state index in [4.69, 9.17) is 4.99 Å². The van der Waals surface area contributed by atoms with Crippen molar-refractivity contribution in [1.82, 2.24) is 9.80 Å². The first-order valence-electron chi connectivity index (χ1n) is 9.03. The van der Waals surface area contributed by atoms with E-state index in [1.54, 1.807) is 0 Å². The predicted molar refractivity (Wildman–Crippen MR) is 104 cm³/mol. The summed E-state index contributed by atoms with van der Waals surface area (Å²) in [6.45, 7) is 6.53. The topological polar surface area (TPSA) is 18.8 Å². The van der Waals surface area contributed by atoms with Gasteiger partial charge in [0, 0.05) is 24.5 Å². The van der Waals surface area contributed by atoms with Crippen LogP contribution in [0.15, 0.2) is 52.8 Å². The molecular formula is C20H27N3S. The van der Waals surface area contributed by atoms with Gasteiger partial charge in [-0.3, -0.25) is 0 Å². The number of hydrogen-bond donors (Lipinski definition) is 0. The molecule has 0 N–H and O–H groups in total. The Kier molecular flexibility index (Phi) is 6.30. The largest absolute Gasteiger partial charge is 0.343 e.